The standard InChI is InChI=1S/C21H18N4O2S/c1-12-9-10-14-6-4-7-15(18(14)22-12)24-20(26)17-13(2)23-19(25-21(17)28-3)16-8-5-11-27-16/h4-11H,1-3H3,(H,24,26). The maximum absolute atomic E-state index is 13.1. The van der Waals surface area contributed by atoms with Gasteiger partial charge in [-0.3, -0.25) is 9.78 Å². The Bertz CT molecular complexity index is 1170. The molecule has 1 amide bonds. The van der Waals surface area contributed by atoms with Crippen LogP contribution in [0.2, 0.25) is 0 Å². The van der Waals surface area contributed by atoms with Gasteiger partial charge >= 0.3 is 0 Å². The van der Waals surface area contributed by atoms with E-state index in [0.717, 1.165) is 16.6 Å². The number of aromatic nitrogens is 3. The minimum Gasteiger partial charge on any atom is -0.461 e. The molecule has 0 bridgehead atoms. The quantitative estimate of drug-likeness (QED) is 0.395. The summed E-state index contributed by atoms with van der Waals surface area (Å²) in [4.78, 5) is 26.6. The number of hydrogen-bond acceptors (Lipinski definition) is 6. The van der Waals surface area contributed by atoms with Crippen LogP contribution in [0, 0.1) is 13.8 Å². The van der Waals surface area contributed by atoms with Crippen molar-refractivity contribution in [1.29, 1.82) is 0 Å². The fraction of sp³-hybridized carbons (Fsp3) is 0.143. The molecule has 0 aliphatic heterocycles. The molecule has 0 saturated carbocycles. The van der Waals surface area contributed by atoms with Crippen molar-refractivity contribution < 1.29 is 9.21 Å². The van der Waals surface area contributed by atoms with Crippen molar-refractivity contribution in [2.75, 3.05) is 11.6 Å². The predicted octanol–water partition coefficient (Wildman–Crippen LogP) is 4.88. The van der Waals surface area contributed by atoms with Crippen LogP contribution in [0.15, 0.2) is 58.2 Å². The Morgan fingerprint density at radius 2 is 1.89 bits per heavy atom. The van der Waals surface area contributed by atoms with Crippen LogP contribution in [0.4, 0.5) is 5.69 Å². The summed E-state index contributed by atoms with van der Waals surface area (Å²) in [7, 11) is 0. The number of anilines is 1. The highest BCUT2D eigenvalue weighted by atomic mass is 32.2. The van der Waals surface area contributed by atoms with Crippen LogP contribution >= 0.6 is 11.8 Å². The largest absolute Gasteiger partial charge is 0.461 e. The minimum atomic E-state index is -0.261. The number of nitrogens with zero attached hydrogens (tertiary/aromatic N) is 3. The number of carbonyl (C=O) groups is 1. The Morgan fingerprint density at radius 3 is 2.64 bits per heavy atom. The average molecular weight is 390 g/mol. The van der Waals surface area contributed by atoms with Gasteiger partial charge < -0.3 is 9.73 Å². The normalized spacial score (nSPS) is 11.0. The number of aryl methyl sites for hydroxylation is 2. The van der Waals surface area contributed by atoms with Crippen molar-refractivity contribution in [2.45, 2.75) is 18.9 Å². The topological polar surface area (TPSA) is 80.9 Å². The van der Waals surface area contributed by atoms with Gasteiger partial charge in [0.25, 0.3) is 5.91 Å². The molecule has 0 aliphatic carbocycles. The number of fused-ring (bicyclic) bond motifs is 1. The van der Waals surface area contributed by atoms with Gasteiger partial charge in [0, 0.05) is 11.1 Å². The monoisotopic (exact) mass is 390 g/mol. The third-order valence-corrected chi connectivity index (χ3v) is 5.01. The summed E-state index contributed by atoms with van der Waals surface area (Å²) in [5, 5.41) is 4.55. The van der Waals surface area contributed by atoms with E-state index in [2.05, 4.69) is 20.3 Å². The van der Waals surface area contributed by atoms with Crippen molar-refractivity contribution in [2.24, 2.45) is 0 Å². The van der Waals surface area contributed by atoms with E-state index in [4.69, 9.17) is 4.42 Å². The average Bonchev–Trinajstić information content (AvgIpc) is 3.22. The third kappa shape index (κ3) is 3.36. The molecule has 0 unspecified atom stereocenters. The molecule has 3 aromatic heterocycles. The first kappa shape index (κ1) is 18.2. The molecule has 0 radical (unpaired) electrons. The molecule has 0 atom stereocenters. The van der Waals surface area contributed by atoms with E-state index in [1.54, 1.807) is 25.3 Å². The molecular formula is C21H18N4O2S. The highest BCUT2D eigenvalue weighted by Gasteiger charge is 2.20. The molecule has 3 heterocycles. The summed E-state index contributed by atoms with van der Waals surface area (Å²) in [5.41, 5.74) is 3.35. The van der Waals surface area contributed by atoms with Gasteiger partial charge in [0.15, 0.2) is 11.6 Å². The van der Waals surface area contributed by atoms with E-state index in [-0.39, 0.29) is 5.91 Å². The van der Waals surface area contributed by atoms with E-state index < -0.39 is 0 Å². The Morgan fingerprint density at radius 1 is 1.04 bits per heavy atom. The number of rotatable bonds is 4. The molecule has 6 nitrogen and oxygen atoms in total. The lowest BCUT2D eigenvalue weighted by Gasteiger charge is -2.13. The highest BCUT2D eigenvalue weighted by molar-refractivity contribution is 7.98. The molecule has 1 N–H and O–H groups in total. The number of thioether (sulfide) groups is 1. The minimum absolute atomic E-state index is 0.261. The smallest absolute Gasteiger partial charge is 0.260 e. The van der Waals surface area contributed by atoms with Gasteiger partial charge in [-0.1, -0.05) is 18.2 Å². The lowest BCUT2D eigenvalue weighted by molar-refractivity contribution is 0.102. The van der Waals surface area contributed by atoms with E-state index in [0.29, 0.717) is 33.6 Å². The summed E-state index contributed by atoms with van der Waals surface area (Å²) in [5.74, 6) is 0.772. The second-order valence-corrected chi connectivity index (χ2v) is 7.07. The van der Waals surface area contributed by atoms with Crippen LogP contribution in [-0.4, -0.2) is 27.1 Å². The maximum Gasteiger partial charge on any atom is 0.260 e. The van der Waals surface area contributed by atoms with Crippen LogP contribution < -0.4 is 5.32 Å². The van der Waals surface area contributed by atoms with Crippen molar-refractivity contribution >= 4 is 34.3 Å². The summed E-state index contributed by atoms with van der Waals surface area (Å²) >= 11 is 1.40. The summed E-state index contributed by atoms with van der Waals surface area (Å²) in [6.07, 6.45) is 3.45. The Hall–Kier alpha value is -3.19. The second kappa shape index (κ2) is 7.44. The first-order valence-corrected chi connectivity index (χ1v) is 9.93. The Kier molecular flexibility index (Phi) is 4.83. The van der Waals surface area contributed by atoms with Gasteiger partial charge in [-0.25, -0.2) is 9.97 Å². The molecule has 28 heavy (non-hydrogen) atoms. The Balaban J connectivity index is 1.74. The zero-order chi connectivity index (χ0) is 19.7. The van der Waals surface area contributed by atoms with Crippen molar-refractivity contribution in [3.63, 3.8) is 0 Å². The summed E-state index contributed by atoms with van der Waals surface area (Å²) in [6.45, 7) is 3.73. The molecule has 4 rings (SSSR count). The van der Waals surface area contributed by atoms with Crippen LogP contribution in [0.3, 0.4) is 0 Å². The number of benzene rings is 1. The molecule has 1 aromatic carbocycles. The zero-order valence-corrected chi connectivity index (χ0v) is 16.5. The van der Waals surface area contributed by atoms with Gasteiger partial charge in [-0.05, 0) is 44.4 Å². The van der Waals surface area contributed by atoms with E-state index in [1.165, 1.54) is 11.8 Å². The molecule has 0 aliphatic rings. The van der Waals surface area contributed by atoms with Crippen LogP contribution in [-0.2, 0) is 0 Å². The number of nitrogens with one attached hydrogen (secondary N) is 1. The van der Waals surface area contributed by atoms with Gasteiger partial charge in [-0.15, -0.1) is 11.8 Å². The van der Waals surface area contributed by atoms with Crippen molar-refractivity contribution in [1.82, 2.24) is 15.0 Å². The van der Waals surface area contributed by atoms with E-state index in [1.807, 2.05) is 43.5 Å². The molecule has 0 saturated heterocycles. The van der Waals surface area contributed by atoms with Gasteiger partial charge in [0.05, 0.1) is 28.7 Å². The Labute approximate surface area is 166 Å². The zero-order valence-electron chi connectivity index (χ0n) is 15.7. The first-order valence-electron chi connectivity index (χ1n) is 8.71. The summed E-state index contributed by atoms with van der Waals surface area (Å²) in [6, 6.07) is 13.2. The molecule has 140 valence electrons. The molecule has 0 fully saturated rings. The van der Waals surface area contributed by atoms with Gasteiger partial charge in [-0.2, -0.15) is 0 Å². The number of amides is 1. The van der Waals surface area contributed by atoms with Crippen LogP contribution in [0.25, 0.3) is 22.5 Å². The number of carbonyl (C=O) groups excluding carboxylic acids is 1. The first-order chi connectivity index (χ1) is 13.6. The fourth-order valence-corrected chi connectivity index (χ4v) is 3.62. The number of para-hydroxylation sites is 1. The SMILES string of the molecule is CSc1nc(-c2ccco2)nc(C)c1C(=O)Nc1cccc2ccc(C)nc12. The molecule has 4 aromatic rings. The summed E-state index contributed by atoms with van der Waals surface area (Å²) < 4.78 is 5.39. The lowest BCUT2D eigenvalue weighted by atomic mass is 10.1. The highest BCUT2D eigenvalue weighted by Crippen LogP contribution is 2.27. The van der Waals surface area contributed by atoms with Crippen LogP contribution in [0.1, 0.15) is 21.7 Å². The number of hydrogen-bond donors (Lipinski definition) is 1. The third-order valence-electron chi connectivity index (χ3n) is 4.33. The maximum atomic E-state index is 13.1. The molecule has 7 heteroatoms. The lowest BCUT2D eigenvalue weighted by Crippen LogP contribution is -2.17. The molecule has 0 spiro atoms. The van der Waals surface area contributed by atoms with Crippen molar-refractivity contribution in [3.8, 4) is 11.6 Å². The number of furan rings is 1. The van der Waals surface area contributed by atoms with E-state index in [9.17, 15) is 4.79 Å². The second-order valence-electron chi connectivity index (χ2n) is 6.28. The predicted molar refractivity (Wildman–Crippen MR) is 111 cm³/mol. The van der Waals surface area contributed by atoms with Crippen molar-refractivity contribution in [3.05, 3.63) is 65.7 Å². The van der Waals surface area contributed by atoms with Gasteiger partial charge in [0.1, 0.15) is 5.03 Å². The molecular weight excluding hydrogens is 372 g/mol. The van der Waals surface area contributed by atoms with Crippen LogP contribution in [0.5, 0.6) is 0 Å². The van der Waals surface area contributed by atoms with E-state index >= 15 is 0 Å². The number of pyridine rings is 1. The fourth-order valence-electron chi connectivity index (χ4n) is 3.00. The van der Waals surface area contributed by atoms with Gasteiger partial charge in [0.2, 0.25) is 0 Å².